The van der Waals surface area contributed by atoms with Crippen LogP contribution in [0.2, 0.25) is 0 Å². The van der Waals surface area contributed by atoms with Crippen molar-refractivity contribution in [2.75, 3.05) is 0 Å². The molecule has 0 aliphatic heterocycles. The van der Waals surface area contributed by atoms with Crippen LogP contribution in [0.4, 0.5) is 0 Å². The van der Waals surface area contributed by atoms with Gasteiger partial charge in [-0.05, 0) is 26.2 Å². The summed E-state index contributed by atoms with van der Waals surface area (Å²) in [4.78, 5) is 0. The van der Waals surface area contributed by atoms with Gasteiger partial charge in [0.2, 0.25) is 0 Å². The summed E-state index contributed by atoms with van der Waals surface area (Å²) >= 11 is 0. The van der Waals surface area contributed by atoms with Crippen molar-refractivity contribution in [1.82, 2.24) is 5.16 Å². The lowest BCUT2D eigenvalue weighted by Crippen LogP contribution is -1.93. The zero-order chi connectivity index (χ0) is 8.39. The van der Waals surface area contributed by atoms with Crippen molar-refractivity contribution in [3.8, 4) is 0 Å². The van der Waals surface area contributed by atoms with Gasteiger partial charge in [-0.25, -0.2) is 0 Å². The zero-order valence-electron chi connectivity index (χ0n) is 7.34. The number of aryl methyl sites for hydroxylation is 2. The molecule has 2 rings (SSSR count). The van der Waals surface area contributed by atoms with Crippen molar-refractivity contribution in [2.24, 2.45) is 0 Å². The van der Waals surface area contributed by atoms with Crippen LogP contribution < -0.4 is 0 Å². The summed E-state index contributed by atoms with van der Waals surface area (Å²) in [5.41, 5.74) is 2.40. The van der Waals surface area contributed by atoms with Gasteiger partial charge < -0.3 is 4.52 Å². The molecule has 0 radical (unpaired) electrons. The quantitative estimate of drug-likeness (QED) is 0.549. The first-order valence-corrected chi connectivity index (χ1v) is 4.47. The zero-order valence-corrected chi connectivity index (χ0v) is 7.34. The normalized spacial score (nSPS) is 19.4. The van der Waals surface area contributed by atoms with Crippen molar-refractivity contribution in [2.45, 2.75) is 32.6 Å². The molecule has 64 valence electrons. The van der Waals surface area contributed by atoms with Crippen LogP contribution in [0.15, 0.2) is 16.7 Å². The molecule has 0 fully saturated rings. The summed E-state index contributed by atoms with van der Waals surface area (Å²) in [6.45, 7) is 2.02. The predicted octanol–water partition coefficient (Wildman–Crippen LogP) is 2.42. The Labute approximate surface area is 72.3 Å². The molecule has 1 heterocycles. The van der Waals surface area contributed by atoms with E-state index in [9.17, 15) is 0 Å². The molecule has 2 heteroatoms. The Morgan fingerprint density at radius 1 is 1.25 bits per heavy atom. The monoisotopic (exact) mass is 163 g/mol. The molecule has 1 aliphatic rings. The maximum Gasteiger partial charge on any atom is 0.140 e. The maximum atomic E-state index is 5.24. The first-order valence-electron chi connectivity index (χ1n) is 4.47. The van der Waals surface area contributed by atoms with Crippen molar-refractivity contribution in [1.29, 1.82) is 0 Å². The fourth-order valence-corrected chi connectivity index (χ4v) is 1.63. The van der Waals surface area contributed by atoms with Crippen LogP contribution in [-0.2, 0) is 12.8 Å². The first-order chi connectivity index (χ1) is 5.88. The second-order valence-electron chi connectivity index (χ2n) is 3.22. The SMILES string of the molecule is Cc1noc2c1CC/C=C\CC2. The number of allylic oxidation sites excluding steroid dienone is 2. The van der Waals surface area contributed by atoms with Crippen molar-refractivity contribution < 1.29 is 4.52 Å². The van der Waals surface area contributed by atoms with E-state index in [4.69, 9.17) is 4.52 Å². The average molecular weight is 163 g/mol. The van der Waals surface area contributed by atoms with E-state index < -0.39 is 0 Å². The molecular formula is C10H13NO. The highest BCUT2D eigenvalue weighted by Crippen LogP contribution is 2.19. The third kappa shape index (κ3) is 1.29. The van der Waals surface area contributed by atoms with E-state index in [1.165, 1.54) is 5.56 Å². The third-order valence-electron chi connectivity index (χ3n) is 2.33. The summed E-state index contributed by atoms with van der Waals surface area (Å²) in [5.74, 6) is 1.09. The van der Waals surface area contributed by atoms with Gasteiger partial charge in [0.15, 0.2) is 0 Å². The minimum Gasteiger partial charge on any atom is -0.361 e. The molecule has 0 saturated heterocycles. The van der Waals surface area contributed by atoms with E-state index in [2.05, 4.69) is 17.3 Å². The molecule has 12 heavy (non-hydrogen) atoms. The Hall–Kier alpha value is -1.05. The summed E-state index contributed by atoms with van der Waals surface area (Å²) in [6.07, 6.45) is 8.76. The highest BCUT2D eigenvalue weighted by Gasteiger charge is 2.12. The Bertz CT molecular complexity index is 299. The Morgan fingerprint density at radius 2 is 2.00 bits per heavy atom. The molecule has 0 bridgehead atoms. The molecule has 0 unspecified atom stereocenters. The van der Waals surface area contributed by atoms with Crippen LogP contribution in [0.5, 0.6) is 0 Å². The molecule has 0 N–H and O–H groups in total. The van der Waals surface area contributed by atoms with Gasteiger partial charge in [-0.15, -0.1) is 0 Å². The molecule has 2 nitrogen and oxygen atoms in total. The molecule has 0 spiro atoms. The summed E-state index contributed by atoms with van der Waals surface area (Å²) in [7, 11) is 0. The van der Waals surface area contributed by atoms with Gasteiger partial charge >= 0.3 is 0 Å². The van der Waals surface area contributed by atoms with Gasteiger partial charge in [0, 0.05) is 12.0 Å². The minimum atomic E-state index is 1.01. The fraction of sp³-hybridized carbons (Fsp3) is 0.500. The molecule has 1 aromatic heterocycles. The van der Waals surface area contributed by atoms with Crippen LogP contribution in [0.25, 0.3) is 0 Å². The third-order valence-corrected chi connectivity index (χ3v) is 2.33. The van der Waals surface area contributed by atoms with Crippen molar-refractivity contribution >= 4 is 0 Å². The van der Waals surface area contributed by atoms with Gasteiger partial charge in [-0.3, -0.25) is 0 Å². The standard InChI is InChI=1S/C10H13NO/c1-8-9-6-4-2-3-5-7-10(9)12-11-8/h2-3H,4-7H2,1H3/b3-2-. The van der Waals surface area contributed by atoms with Gasteiger partial charge in [-0.2, -0.15) is 0 Å². The van der Waals surface area contributed by atoms with E-state index in [0.717, 1.165) is 37.1 Å². The number of rotatable bonds is 0. The molecule has 0 atom stereocenters. The lowest BCUT2D eigenvalue weighted by atomic mass is 10.0. The van der Waals surface area contributed by atoms with Crippen LogP contribution in [-0.4, -0.2) is 5.16 Å². The van der Waals surface area contributed by atoms with Crippen LogP contribution >= 0.6 is 0 Å². The van der Waals surface area contributed by atoms with Crippen LogP contribution in [0, 0.1) is 6.92 Å². The molecule has 0 amide bonds. The lowest BCUT2D eigenvalue weighted by molar-refractivity contribution is 0.378. The molecule has 0 saturated carbocycles. The van der Waals surface area contributed by atoms with Crippen LogP contribution in [0.1, 0.15) is 29.9 Å². The van der Waals surface area contributed by atoms with Gasteiger partial charge in [0.25, 0.3) is 0 Å². The van der Waals surface area contributed by atoms with Crippen LogP contribution in [0.3, 0.4) is 0 Å². The van der Waals surface area contributed by atoms with E-state index in [0.29, 0.717) is 0 Å². The van der Waals surface area contributed by atoms with E-state index in [-0.39, 0.29) is 0 Å². The second-order valence-corrected chi connectivity index (χ2v) is 3.22. The highest BCUT2D eigenvalue weighted by molar-refractivity contribution is 5.23. The van der Waals surface area contributed by atoms with Gasteiger partial charge in [0.05, 0.1) is 5.69 Å². The summed E-state index contributed by atoms with van der Waals surface area (Å²) in [5, 5.41) is 3.98. The van der Waals surface area contributed by atoms with E-state index in [1.54, 1.807) is 0 Å². The number of hydrogen-bond donors (Lipinski definition) is 0. The molecule has 0 aromatic carbocycles. The average Bonchev–Trinajstić information content (AvgIpc) is 2.31. The Kier molecular flexibility index (Phi) is 1.98. The first kappa shape index (κ1) is 7.59. The predicted molar refractivity (Wildman–Crippen MR) is 47.0 cm³/mol. The Balaban J connectivity index is 2.31. The van der Waals surface area contributed by atoms with E-state index in [1.807, 2.05) is 6.92 Å². The van der Waals surface area contributed by atoms with Gasteiger partial charge in [-0.1, -0.05) is 17.3 Å². The number of fused-ring (bicyclic) bond motifs is 1. The summed E-state index contributed by atoms with van der Waals surface area (Å²) in [6, 6.07) is 0. The molecule has 1 aromatic rings. The lowest BCUT2D eigenvalue weighted by Gasteiger charge is -2.02. The summed E-state index contributed by atoms with van der Waals surface area (Å²) < 4.78 is 5.24. The maximum absolute atomic E-state index is 5.24. The number of hydrogen-bond acceptors (Lipinski definition) is 2. The highest BCUT2D eigenvalue weighted by atomic mass is 16.5. The smallest absolute Gasteiger partial charge is 0.140 e. The largest absolute Gasteiger partial charge is 0.361 e. The number of nitrogens with zero attached hydrogens (tertiary/aromatic N) is 1. The van der Waals surface area contributed by atoms with E-state index >= 15 is 0 Å². The van der Waals surface area contributed by atoms with Gasteiger partial charge in [0.1, 0.15) is 5.76 Å². The minimum absolute atomic E-state index is 1.01. The van der Waals surface area contributed by atoms with Crippen molar-refractivity contribution in [3.63, 3.8) is 0 Å². The topological polar surface area (TPSA) is 26.0 Å². The molecule has 1 aliphatic carbocycles. The molecular weight excluding hydrogens is 150 g/mol. The Morgan fingerprint density at radius 3 is 2.83 bits per heavy atom. The number of aromatic nitrogens is 1. The second kappa shape index (κ2) is 3.13. The van der Waals surface area contributed by atoms with Crippen molar-refractivity contribution in [3.05, 3.63) is 29.2 Å². The fourth-order valence-electron chi connectivity index (χ4n) is 1.63.